The predicted molar refractivity (Wildman–Crippen MR) is 81.4 cm³/mol. The van der Waals surface area contributed by atoms with Crippen molar-refractivity contribution in [2.75, 3.05) is 7.11 Å². The maximum Gasteiger partial charge on any atom is 0.278 e. The van der Waals surface area contributed by atoms with Crippen LogP contribution in [0.15, 0.2) is 35.1 Å². The van der Waals surface area contributed by atoms with Gasteiger partial charge in [-0.25, -0.2) is 13.5 Å². The Balaban J connectivity index is 2.49. The molecule has 122 valence electrons. The number of ether oxygens (including phenoxy) is 1. The van der Waals surface area contributed by atoms with Crippen molar-refractivity contribution in [3.63, 3.8) is 0 Å². The van der Waals surface area contributed by atoms with Crippen LogP contribution >= 0.6 is 0 Å². The molecule has 1 heterocycles. The maximum atomic E-state index is 13.3. The van der Waals surface area contributed by atoms with Crippen molar-refractivity contribution < 1.29 is 18.6 Å². The van der Waals surface area contributed by atoms with Gasteiger partial charge in [-0.3, -0.25) is 4.79 Å². The van der Waals surface area contributed by atoms with Gasteiger partial charge in [0.1, 0.15) is 5.76 Å². The number of halogens is 2. The molecule has 0 saturated carbocycles. The summed E-state index contributed by atoms with van der Waals surface area (Å²) in [6, 6.07) is 4.65. The van der Waals surface area contributed by atoms with E-state index in [0.29, 0.717) is 12.0 Å². The average molecular weight is 322 g/mol. The van der Waals surface area contributed by atoms with Gasteiger partial charge in [-0.15, -0.1) is 5.10 Å². The molecule has 2 rings (SSSR count). The summed E-state index contributed by atoms with van der Waals surface area (Å²) in [5, 5.41) is 13.9. The van der Waals surface area contributed by atoms with Gasteiger partial charge in [0.15, 0.2) is 11.6 Å². The number of hydrogen-bond donors (Lipinski definition) is 1. The number of benzene rings is 1. The van der Waals surface area contributed by atoms with E-state index in [-0.39, 0.29) is 23.7 Å². The molecule has 0 saturated heterocycles. The highest BCUT2D eigenvalue weighted by atomic mass is 19.2. The van der Waals surface area contributed by atoms with Crippen molar-refractivity contribution in [1.82, 2.24) is 9.78 Å². The fourth-order valence-corrected chi connectivity index (χ4v) is 2.02. The lowest BCUT2D eigenvalue weighted by molar-refractivity contribution is 0.377. The van der Waals surface area contributed by atoms with Gasteiger partial charge in [0, 0.05) is 6.07 Å². The smallest absolute Gasteiger partial charge is 0.278 e. The third-order valence-electron chi connectivity index (χ3n) is 3.15. The topological polar surface area (TPSA) is 64.3 Å². The van der Waals surface area contributed by atoms with E-state index >= 15 is 0 Å². The molecule has 5 nitrogen and oxygen atoms in total. The Morgan fingerprint density at radius 3 is 2.70 bits per heavy atom. The van der Waals surface area contributed by atoms with Crippen molar-refractivity contribution in [3.8, 4) is 5.88 Å². The van der Waals surface area contributed by atoms with Crippen LogP contribution in [0.4, 0.5) is 8.78 Å². The number of allylic oxidation sites excluding steroid dienone is 1. The van der Waals surface area contributed by atoms with E-state index in [4.69, 9.17) is 4.74 Å². The average Bonchev–Trinajstić information content (AvgIpc) is 2.53. The number of aliphatic hydroxyl groups excluding tert-OH is 1. The minimum absolute atomic E-state index is 0.0290. The van der Waals surface area contributed by atoms with Crippen molar-refractivity contribution in [2.24, 2.45) is 0 Å². The molecule has 0 spiro atoms. The Morgan fingerprint density at radius 2 is 2.09 bits per heavy atom. The first kappa shape index (κ1) is 16.7. The quantitative estimate of drug-likeness (QED) is 0.860. The molecule has 0 amide bonds. The van der Waals surface area contributed by atoms with Crippen LogP contribution in [0, 0.1) is 11.6 Å². The summed E-state index contributed by atoms with van der Waals surface area (Å²) < 4.78 is 32.3. The van der Waals surface area contributed by atoms with Crippen molar-refractivity contribution in [1.29, 1.82) is 0 Å². The molecule has 0 unspecified atom stereocenters. The van der Waals surface area contributed by atoms with Gasteiger partial charge >= 0.3 is 0 Å². The Kier molecular flexibility index (Phi) is 5.10. The first-order valence-electron chi connectivity index (χ1n) is 6.95. The third-order valence-corrected chi connectivity index (χ3v) is 3.15. The molecule has 2 aromatic rings. The van der Waals surface area contributed by atoms with Gasteiger partial charge in [0.2, 0.25) is 5.88 Å². The fourth-order valence-electron chi connectivity index (χ4n) is 2.02. The van der Waals surface area contributed by atoms with E-state index in [1.807, 2.05) is 6.92 Å². The molecule has 0 aliphatic heterocycles. The van der Waals surface area contributed by atoms with Gasteiger partial charge < -0.3 is 9.84 Å². The first-order valence-corrected chi connectivity index (χ1v) is 6.95. The fraction of sp³-hybridized carbons (Fsp3) is 0.250. The summed E-state index contributed by atoms with van der Waals surface area (Å²) >= 11 is 0. The first-order chi connectivity index (χ1) is 11.0. The molecule has 0 radical (unpaired) electrons. The summed E-state index contributed by atoms with van der Waals surface area (Å²) in [5.41, 5.74) is -0.171. The van der Waals surface area contributed by atoms with Crippen LogP contribution in [0.2, 0.25) is 0 Å². The Hall–Kier alpha value is -2.70. The second kappa shape index (κ2) is 7.04. The zero-order valence-corrected chi connectivity index (χ0v) is 12.7. The molecular weight excluding hydrogens is 306 g/mol. The molecule has 0 fully saturated rings. The number of hydrogen-bond acceptors (Lipinski definition) is 4. The number of nitrogens with zero attached hydrogens (tertiary/aromatic N) is 2. The van der Waals surface area contributed by atoms with Crippen LogP contribution < -0.4 is 10.3 Å². The van der Waals surface area contributed by atoms with Gasteiger partial charge in [-0.05, 0) is 30.2 Å². The normalized spacial score (nSPS) is 11.6. The lowest BCUT2D eigenvalue weighted by Crippen LogP contribution is -2.27. The molecule has 0 aliphatic carbocycles. The second-order valence-electron chi connectivity index (χ2n) is 4.81. The van der Waals surface area contributed by atoms with Crippen molar-refractivity contribution >= 4 is 5.76 Å². The molecule has 1 aromatic carbocycles. The SMILES string of the molecule is CC/C=C(\O)c1cc(OC)nn(Cc2ccc(F)c(F)c2)c1=O. The molecule has 1 N–H and O–H groups in total. The summed E-state index contributed by atoms with van der Waals surface area (Å²) in [6.45, 7) is 1.73. The molecular formula is C16H16F2N2O3. The summed E-state index contributed by atoms with van der Waals surface area (Å²) in [6.07, 6.45) is 2.02. The highest BCUT2D eigenvalue weighted by molar-refractivity contribution is 5.58. The Bertz CT molecular complexity index is 800. The third kappa shape index (κ3) is 3.74. The molecule has 0 bridgehead atoms. The number of rotatable bonds is 5. The standard InChI is InChI=1S/C16H16F2N2O3/c1-3-4-14(21)11-8-15(23-2)19-20(16(11)22)9-10-5-6-12(17)13(18)7-10/h4-8,21H,3,9H2,1-2H3/b14-4-. The van der Waals surface area contributed by atoms with E-state index in [0.717, 1.165) is 16.8 Å². The Labute approximate surface area is 131 Å². The van der Waals surface area contributed by atoms with Gasteiger partial charge in [0.25, 0.3) is 5.56 Å². The van der Waals surface area contributed by atoms with Crippen LogP contribution in [-0.2, 0) is 6.54 Å². The lowest BCUT2D eigenvalue weighted by Gasteiger charge is -2.10. The molecule has 23 heavy (non-hydrogen) atoms. The van der Waals surface area contributed by atoms with Crippen molar-refractivity contribution in [2.45, 2.75) is 19.9 Å². The number of aromatic nitrogens is 2. The van der Waals surface area contributed by atoms with E-state index in [1.54, 1.807) is 0 Å². The molecule has 0 atom stereocenters. The number of aliphatic hydroxyl groups is 1. The zero-order valence-electron chi connectivity index (χ0n) is 12.7. The zero-order chi connectivity index (χ0) is 17.0. The van der Waals surface area contributed by atoms with Crippen LogP contribution in [0.5, 0.6) is 5.88 Å². The molecule has 1 aromatic heterocycles. The van der Waals surface area contributed by atoms with E-state index < -0.39 is 17.2 Å². The van der Waals surface area contributed by atoms with E-state index in [9.17, 15) is 18.7 Å². The minimum Gasteiger partial charge on any atom is -0.507 e. The lowest BCUT2D eigenvalue weighted by atomic mass is 10.2. The predicted octanol–water partition coefficient (Wildman–Crippen LogP) is 2.89. The van der Waals surface area contributed by atoms with E-state index in [1.165, 1.54) is 25.3 Å². The number of methoxy groups -OCH3 is 1. The van der Waals surface area contributed by atoms with Crippen LogP contribution in [0.1, 0.15) is 24.5 Å². The van der Waals surface area contributed by atoms with Crippen LogP contribution in [0.25, 0.3) is 5.76 Å². The molecule has 7 heteroatoms. The molecule has 0 aliphatic rings. The summed E-state index contributed by atoms with van der Waals surface area (Å²) in [4.78, 5) is 12.4. The van der Waals surface area contributed by atoms with Gasteiger partial charge in [0.05, 0.1) is 19.2 Å². The second-order valence-corrected chi connectivity index (χ2v) is 4.81. The monoisotopic (exact) mass is 322 g/mol. The van der Waals surface area contributed by atoms with Crippen LogP contribution in [0.3, 0.4) is 0 Å². The Morgan fingerprint density at radius 1 is 1.35 bits per heavy atom. The summed E-state index contributed by atoms with van der Waals surface area (Å²) in [5.74, 6) is -2.04. The van der Waals surface area contributed by atoms with E-state index in [2.05, 4.69) is 5.10 Å². The van der Waals surface area contributed by atoms with Crippen LogP contribution in [-0.4, -0.2) is 22.0 Å². The van der Waals surface area contributed by atoms with Gasteiger partial charge in [-0.2, -0.15) is 0 Å². The van der Waals surface area contributed by atoms with Gasteiger partial charge in [-0.1, -0.05) is 13.0 Å². The largest absolute Gasteiger partial charge is 0.507 e. The highest BCUT2D eigenvalue weighted by Gasteiger charge is 2.13. The maximum absolute atomic E-state index is 13.3. The van der Waals surface area contributed by atoms with Crippen molar-refractivity contribution in [3.05, 3.63) is 63.5 Å². The minimum atomic E-state index is -1.01. The summed E-state index contributed by atoms with van der Waals surface area (Å²) in [7, 11) is 1.37. The highest BCUT2D eigenvalue weighted by Crippen LogP contribution is 2.14.